The van der Waals surface area contributed by atoms with Crippen molar-refractivity contribution in [2.75, 3.05) is 13.2 Å². The van der Waals surface area contributed by atoms with Crippen LogP contribution in [0.1, 0.15) is 40.3 Å². The first-order valence-electron chi connectivity index (χ1n) is 9.93. The standard InChI is InChI=1S/C19H33N3O7Si/c1-7-27-14-8-9-22(17(25)21-14)16-15(29-30(5,6)18(2,3)4)19(26,10-13(20)24)12(11-23)28-16/h8-9,12,15-16,23,26H,7,10-11H2,1-6H3,(H2,20,24)/t12-,15+,16-,19-/m1/s1. The van der Waals surface area contributed by atoms with Crippen molar-refractivity contribution >= 4 is 14.2 Å². The second-order valence-corrected chi connectivity index (χ2v) is 13.8. The number of amides is 1. The third kappa shape index (κ3) is 4.75. The minimum absolute atomic E-state index is 0.157. The molecule has 1 fully saturated rings. The molecule has 0 aromatic carbocycles. The number of aromatic nitrogens is 2. The molecular formula is C19H33N3O7Si. The highest BCUT2D eigenvalue weighted by molar-refractivity contribution is 6.74. The topological polar surface area (TPSA) is 146 Å². The summed E-state index contributed by atoms with van der Waals surface area (Å²) < 4.78 is 18.7. The maximum atomic E-state index is 12.7. The normalized spacial score (nSPS) is 27.3. The van der Waals surface area contributed by atoms with E-state index in [1.165, 1.54) is 16.8 Å². The second-order valence-electron chi connectivity index (χ2n) is 9.02. The van der Waals surface area contributed by atoms with Gasteiger partial charge in [0.05, 0.1) is 19.6 Å². The van der Waals surface area contributed by atoms with Crippen LogP contribution in [0.25, 0.3) is 0 Å². The van der Waals surface area contributed by atoms with Gasteiger partial charge in [0.25, 0.3) is 0 Å². The lowest BCUT2D eigenvalue weighted by molar-refractivity contribution is -0.133. The summed E-state index contributed by atoms with van der Waals surface area (Å²) in [4.78, 5) is 28.3. The van der Waals surface area contributed by atoms with E-state index in [-0.39, 0.29) is 10.9 Å². The summed E-state index contributed by atoms with van der Waals surface area (Å²) in [5, 5.41) is 21.0. The Kier molecular flexibility index (Phi) is 7.14. The van der Waals surface area contributed by atoms with E-state index >= 15 is 0 Å². The summed E-state index contributed by atoms with van der Waals surface area (Å²) in [5.41, 5.74) is 2.79. The quantitative estimate of drug-likeness (QED) is 0.493. The highest BCUT2D eigenvalue weighted by atomic mass is 28.4. The summed E-state index contributed by atoms with van der Waals surface area (Å²) in [7, 11) is -2.50. The van der Waals surface area contributed by atoms with Crippen LogP contribution in [0.5, 0.6) is 5.88 Å². The number of hydrogen-bond acceptors (Lipinski definition) is 8. The second kappa shape index (κ2) is 8.75. The van der Waals surface area contributed by atoms with Gasteiger partial charge in [0.1, 0.15) is 17.8 Å². The van der Waals surface area contributed by atoms with Gasteiger partial charge in [-0.05, 0) is 25.1 Å². The number of carbonyl (C=O) groups excluding carboxylic acids is 1. The molecule has 1 aromatic heterocycles. The van der Waals surface area contributed by atoms with Gasteiger partial charge in [0.2, 0.25) is 11.8 Å². The van der Waals surface area contributed by atoms with E-state index in [4.69, 9.17) is 19.6 Å². The maximum Gasteiger partial charge on any atom is 0.353 e. The zero-order valence-corrected chi connectivity index (χ0v) is 19.4. The van der Waals surface area contributed by atoms with E-state index in [1.807, 2.05) is 33.9 Å². The Labute approximate surface area is 177 Å². The first-order valence-corrected chi connectivity index (χ1v) is 12.8. The third-order valence-electron chi connectivity index (χ3n) is 5.83. The zero-order valence-electron chi connectivity index (χ0n) is 18.4. The van der Waals surface area contributed by atoms with Gasteiger partial charge in [-0.1, -0.05) is 20.8 Å². The molecule has 10 nitrogen and oxygen atoms in total. The van der Waals surface area contributed by atoms with Gasteiger partial charge in [-0.2, -0.15) is 4.98 Å². The number of hydrogen-bond donors (Lipinski definition) is 3. The van der Waals surface area contributed by atoms with Crippen molar-refractivity contribution in [3.05, 3.63) is 22.7 Å². The molecule has 0 aliphatic carbocycles. The Morgan fingerprint density at radius 1 is 1.43 bits per heavy atom. The Balaban J connectivity index is 2.57. The summed E-state index contributed by atoms with van der Waals surface area (Å²) in [6, 6.07) is 1.50. The van der Waals surface area contributed by atoms with Crippen LogP contribution in [0, 0.1) is 0 Å². The molecule has 2 heterocycles. The number of carbonyl (C=O) groups is 1. The first-order chi connectivity index (χ1) is 13.8. The summed E-state index contributed by atoms with van der Waals surface area (Å²) in [6.45, 7) is 11.5. The largest absolute Gasteiger partial charge is 0.478 e. The van der Waals surface area contributed by atoms with Crippen molar-refractivity contribution in [1.82, 2.24) is 9.55 Å². The van der Waals surface area contributed by atoms with Crippen molar-refractivity contribution in [1.29, 1.82) is 0 Å². The average molecular weight is 444 g/mol. The van der Waals surface area contributed by atoms with Crippen LogP contribution in [0.15, 0.2) is 17.1 Å². The van der Waals surface area contributed by atoms with Gasteiger partial charge < -0.3 is 29.8 Å². The minimum atomic E-state index is -2.50. The molecule has 11 heteroatoms. The lowest BCUT2D eigenvalue weighted by Crippen LogP contribution is -2.57. The van der Waals surface area contributed by atoms with Crippen LogP contribution in [-0.2, 0) is 14.0 Å². The van der Waals surface area contributed by atoms with E-state index in [9.17, 15) is 19.8 Å². The molecule has 0 radical (unpaired) electrons. The van der Waals surface area contributed by atoms with Crippen LogP contribution >= 0.6 is 0 Å². The number of primary amides is 1. The van der Waals surface area contributed by atoms with E-state index in [2.05, 4.69) is 4.98 Å². The van der Waals surface area contributed by atoms with Crippen molar-refractivity contribution in [2.45, 2.75) is 76.3 Å². The molecule has 0 bridgehead atoms. The average Bonchev–Trinajstić information content (AvgIpc) is 2.85. The molecule has 4 N–H and O–H groups in total. The lowest BCUT2D eigenvalue weighted by atomic mass is 9.88. The van der Waals surface area contributed by atoms with Gasteiger partial charge in [-0.15, -0.1) is 0 Å². The molecule has 2 rings (SSSR count). The molecule has 4 atom stereocenters. The van der Waals surface area contributed by atoms with E-state index in [1.54, 1.807) is 6.92 Å². The predicted molar refractivity (Wildman–Crippen MR) is 111 cm³/mol. The van der Waals surface area contributed by atoms with E-state index < -0.39 is 57.0 Å². The van der Waals surface area contributed by atoms with Crippen molar-refractivity contribution in [2.24, 2.45) is 5.73 Å². The van der Waals surface area contributed by atoms with Crippen LogP contribution < -0.4 is 16.2 Å². The summed E-state index contributed by atoms with van der Waals surface area (Å²) in [5.74, 6) is -0.620. The Morgan fingerprint density at radius 2 is 2.07 bits per heavy atom. The van der Waals surface area contributed by atoms with Crippen LogP contribution in [-0.4, -0.2) is 65.0 Å². The fraction of sp³-hybridized carbons (Fsp3) is 0.737. The number of ether oxygens (including phenoxy) is 2. The monoisotopic (exact) mass is 443 g/mol. The predicted octanol–water partition coefficient (Wildman–Crippen LogP) is 0.529. The molecule has 1 aliphatic heterocycles. The molecule has 1 aromatic rings. The Bertz CT molecular complexity index is 823. The van der Waals surface area contributed by atoms with Gasteiger partial charge in [-0.3, -0.25) is 9.36 Å². The van der Waals surface area contributed by atoms with Crippen LogP contribution in [0.2, 0.25) is 18.1 Å². The first kappa shape index (κ1) is 24.5. The fourth-order valence-corrected chi connectivity index (χ4v) is 4.48. The van der Waals surface area contributed by atoms with Gasteiger partial charge >= 0.3 is 5.69 Å². The van der Waals surface area contributed by atoms with Crippen molar-refractivity contribution in [3.63, 3.8) is 0 Å². The Hall–Kier alpha value is -1.79. The molecule has 1 saturated heterocycles. The van der Waals surface area contributed by atoms with Crippen molar-refractivity contribution in [3.8, 4) is 5.88 Å². The molecule has 0 spiro atoms. The fourth-order valence-electron chi connectivity index (χ4n) is 3.17. The van der Waals surface area contributed by atoms with E-state index in [0.717, 1.165) is 0 Å². The summed E-state index contributed by atoms with van der Waals surface area (Å²) in [6.07, 6.45) is -2.48. The van der Waals surface area contributed by atoms with E-state index in [0.29, 0.717) is 6.61 Å². The maximum absolute atomic E-state index is 12.7. The molecule has 1 aliphatic rings. The number of nitrogens with zero attached hydrogens (tertiary/aromatic N) is 2. The molecule has 0 saturated carbocycles. The number of rotatable bonds is 8. The van der Waals surface area contributed by atoms with Crippen molar-refractivity contribution < 1.29 is 28.9 Å². The highest BCUT2D eigenvalue weighted by Crippen LogP contribution is 2.46. The van der Waals surface area contributed by atoms with Gasteiger partial charge in [0, 0.05) is 12.3 Å². The molecule has 30 heavy (non-hydrogen) atoms. The number of aliphatic hydroxyl groups excluding tert-OH is 1. The number of nitrogens with two attached hydrogens (primary N) is 1. The third-order valence-corrected chi connectivity index (χ3v) is 10.3. The van der Waals surface area contributed by atoms with Gasteiger partial charge in [-0.25, -0.2) is 4.79 Å². The Morgan fingerprint density at radius 3 is 2.53 bits per heavy atom. The SMILES string of the molecule is CCOc1ccn([C@@H]2O[C@H](CO)[C@](O)(CC(N)=O)[C@H]2O[Si](C)(C)C(C)(C)C)c(=O)n1. The molecule has 170 valence electrons. The summed E-state index contributed by atoms with van der Waals surface area (Å²) >= 11 is 0. The minimum Gasteiger partial charge on any atom is -0.478 e. The smallest absolute Gasteiger partial charge is 0.353 e. The number of aliphatic hydroxyl groups is 2. The van der Waals surface area contributed by atoms with Crippen LogP contribution in [0.4, 0.5) is 0 Å². The highest BCUT2D eigenvalue weighted by Gasteiger charge is 2.60. The molecule has 1 amide bonds. The zero-order chi connectivity index (χ0) is 22.9. The lowest BCUT2D eigenvalue weighted by Gasteiger charge is -2.43. The van der Waals surface area contributed by atoms with Crippen LogP contribution in [0.3, 0.4) is 0 Å². The van der Waals surface area contributed by atoms with Gasteiger partial charge in [0.15, 0.2) is 14.5 Å². The molecule has 0 unspecified atom stereocenters. The molecular weight excluding hydrogens is 410 g/mol.